The Bertz CT molecular complexity index is 751. The maximum Gasteiger partial charge on any atom is 0.347 e. The average molecular weight is 433 g/mol. The second-order valence-corrected chi connectivity index (χ2v) is 6.62. The van der Waals surface area contributed by atoms with E-state index in [1.807, 2.05) is 0 Å². The fourth-order valence-electron chi connectivity index (χ4n) is 1.60. The molecule has 0 aliphatic heterocycles. The third-order valence-corrected chi connectivity index (χ3v) is 4.65. The van der Waals surface area contributed by atoms with Crippen LogP contribution in [0.1, 0.15) is 20.7 Å². The summed E-state index contributed by atoms with van der Waals surface area (Å²) in [7, 11) is 0. The smallest absolute Gasteiger partial charge is 0.347 e. The van der Waals surface area contributed by atoms with Gasteiger partial charge in [-0.05, 0) is 24.3 Å². The number of ether oxygens (including phenoxy) is 1. The first-order chi connectivity index (χ1) is 10.7. The Labute approximate surface area is 160 Å². The van der Waals surface area contributed by atoms with Crippen molar-refractivity contribution in [2.75, 3.05) is 0 Å². The highest BCUT2D eigenvalue weighted by atomic mass is 35.5. The Morgan fingerprint density at radius 1 is 0.652 bits per heavy atom. The molecule has 0 atom stereocenters. The van der Waals surface area contributed by atoms with E-state index < -0.39 is 11.9 Å². The first-order valence-electron chi connectivity index (χ1n) is 5.76. The van der Waals surface area contributed by atoms with Crippen molar-refractivity contribution in [1.29, 1.82) is 0 Å². The number of benzene rings is 2. The molecule has 2 aromatic rings. The van der Waals surface area contributed by atoms with Crippen molar-refractivity contribution in [3.8, 4) is 0 Å². The minimum absolute atomic E-state index is 0.0439. The first-order valence-corrected chi connectivity index (χ1v) is 8.03. The highest BCUT2D eigenvalue weighted by molar-refractivity contribution is 6.46. The van der Waals surface area contributed by atoms with E-state index in [1.54, 1.807) is 0 Å². The molecule has 0 bridgehead atoms. The summed E-state index contributed by atoms with van der Waals surface area (Å²) in [6.07, 6.45) is 0. The lowest BCUT2D eigenvalue weighted by Crippen LogP contribution is -2.14. The van der Waals surface area contributed by atoms with Crippen molar-refractivity contribution in [3.63, 3.8) is 0 Å². The van der Waals surface area contributed by atoms with Gasteiger partial charge in [-0.2, -0.15) is 0 Å². The van der Waals surface area contributed by atoms with E-state index in [9.17, 15) is 9.59 Å². The van der Waals surface area contributed by atoms with Gasteiger partial charge in [0.05, 0.1) is 31.2 Å². The molecule has 0 spiro atoms. The third-order valence-electron chi connectivity index (χ3n) is 2.61. The Kier molecular flexibility index (Phi) is 6.06. The Balaban J connectivity index is 2.33. The molecular formula is C14H4Cl6O3. The molecule has 2 aromatic carbocycles. The number of esters is 2. The van der Waals surface area contributed by atoms with Crippen molar-refractivity contribution in [3.05, 3.63) is 65.5 Å². The molecule has 0 saturated carbocycles. The van der Waals surface area contributed by atoms with E-state index >= 15 is 0 Å². The minimum Gasteiger partial charge on any atom is -0.386 e. The number of carbonyl (C=O) groups excluding carboxylic acids is 2. The molecule has 0 amide bonds. The van der Waals surface area contributed by atoms with Crippen LogP contribution in [0.15, 0.2) is 24.3 Å². The van der Waals surface area contributed by atoms with Crippen LogP contribution in [0, 0.1) is 0 Å². The van der Waals surface area contributed by atoms with Gasteiger partial charge in [0.1, 0.15) is 0 Å². The summed E-state index contributed by atoms with van der Waals surface area (Å²) in [5.74, 6) is -2.09. The fourth-order valence-corrected chi connectivity index (χ4v) is 2.96. The van der Waals surface area contributed by atoms with Gasteiger partial charge in [0.15, 0.2) is 0 Å². The lowest BCUT2D eigenvalue weighted by atomic mass is 10.2. The number of halogens is 6. The lowest BCUT2D eigenvalue weighted by Gasteiger charge is -2.08. The van der Waals surface area contributed by atoms with E-state index in [0.717, 1.165) is 0 Å². The molecule has 0 radical (unpaired) electrons. The summed E-state index contributed by atoms with van der Waals surface area (Å²) < 4.78 is 4.72. The molecular weight excluding hydrogens is 429 g/mol. The first kappa shape index (κ1) is 18.7. The zero-order valence-corrected chi connectivity index (χ0v) is 15.3. The summed E-state index contributed by atoms with van der Waals surface area (Å²) in [6.45, 7) is 0. The minimum atomic E-state index is -1.04. The zero-order chi connectivity index (χ0) is 17.3. The maximum absolute atomic E-state index is 12.1. The molecule has 3 nitrogen and oxygen atoms in total. The zero-order valence-electron chi connectivity index (χ0n) is 10.8. The van der Waals surface area contributed by atoms with E-state index in [0.29, 0.717) is 0 Å². The molecule has 0 fully saturated rings. The molecule has 0 unspecified atom stereocenters. The second kappa shape index (κ2) is 7.47. The molecule has 120 valence electrons. The van der Waals surface area contributed by atoms with Crippen molar-refractivity contribution < 1.29 is 14.3 Å². The van der Waals surface area contributed by atoms with Crippen molar-refractivity contribution >= 4 is 81.5 Å². The molecule has 0 saturated heterocycles. The van der Waals surface area contributed by atoms with Crippen molar-refractivity contribution in [2.24, 2.45) is 0 Å². The van der Waals surface area contributed by atoms with Crippen LogP contribution in [-0.2, 0) is 4.74 Å². The van der Waals surface area contributed by atoms with Gasteiger partial charge >= 0.3 is 11.9 Å². The molecule has 0 heterocycles. The van der Waals surface area contributed by atoms with Gasteiger partial charge in [-0.1, -0.05) is 69.6 Å². The van der Waals surface area contributed by atoms with Gasteiger partial charge in [-0.3, -0.25) is 0 Å². The molecule has 0 aliphatic rings. The van der Waals surface area contributed by atoms with Crippen LogP contribution in [0.4, 0.5) is 0 Å². The number of rotatable bonds is 2. The SMILES string of the molecule is O=C(OC(=O)c1cc(Cl)cc(Cl)c1Cl)c1cc(Cl)cc(Cl)c1Cl. The Morgan fingerprint density at radius 2 is 1.00 bits per heavy atom. The average Bonchev–Trinajstić information content (AvgIpc) is 2.46. The van der Waals surface area contributed by atoms with Gasteiger partial charge in [-0.25, -0.2) is 9.59 Å². The van der Waals surface area contributed by atoms with Crippen LogP contribution in [0.25, 0.3) is 0 Å². The van der Waals surface area contributed by atoms with Gasteiger partial charge in [0.2, 0.25) is 0 Å². The fraction of sp³-hybridized carbons (Fsp3) is 0. The molecule has 0 aromatic heterocycles. The van der Waals surface area contributed by atoms with Gasteiger partial charge < -0.3 is 4.74 Å². The maximum atomic E-state index is 12.1. The highest BCUT2D eigenvalue weighted by Crippen LogP contribution is 2.32. The molecule has 23 heavy (non-hydrogen) atoms. The van der Waals surface area contributed by atoms with E-state index in [4.69, 9.17) is 74.3 Å². The molecule has 0 aliphatic carbocycles. The van der Waals surface area contributed by atoms with E-state index in [1.165, 1.54) is 24.3 Å². The summed E-state index contributed by atoms with van der Waals surface area (Å²) in [6, 6.07) is 5.13. The van der Waals surface area contributed by atoms with Crippen LogP contribution in [0.5, 0.6) is 0 Å². The van der Waals surface area contributed by atoms with Crippen LogP contribution >= 0.6 is 69.6 Å². The molecule has 2 rings (SSSR count). The topological polar surface area (TPSA) is 43.4 Å². The van der Waals surface area contributed by atoms with Crippen LogP contribution < -0.4 is 0 Å². The van der Waals surface area contributed by atoms with Crippen LogP contribution in [-0.4, -0.2) is 11.9 Å². The van der Waals surface area contributed by atoms with Crippen molar-refractivity contribution in [2.45, 2.75) is 0 Å². The van der Waals surface area contributed by atoms with Gasteiger partial charge in [0.25, 0.3) is 0 Å². The quantitative estimate of drug-likeness (QED) is 0.305. The Hall–Kier alpha value is -0.680. The lowest BCUT2D eigenvalue weighted by molar-refractivity contribution is 0.0398. The summed E-state index contributed by atoms with van der Waals surface area (Å²) >= 11 is 35.0. The summed E-state index contributed by atoms with van der Waals surface area (Å²) in [5.41, 5.74) is -0.330. The normalized spacial score (nSPS) is 10.5. The van der Waals surface area contributed by atoms with Crippen LogP contribution in [0.2, 0.25) is 30.1 Å². The standard InChI is InChI=1S/C14H4Cl6O3/c15-5-1-7(11(19)9(17)3-5)13(21)23-14(22)8-2-6(16)4-10(18)12(8)20/h1-4H. The molecule has 0 N–H and O–H groups in total. The van der Waals surface area contributed by atoms with E-state index in [-0.39, 0.29) is 41.3 Å². The van der Waals surface area contributed by atoms with E-state index in [2.05, 4.69) is 0 Å². The molecule has 9 heteroatoms. The monoisotopic (exact) mass is 430 g/mol. The Morgan fingerprint density at radius 3 is 1.35 bits per heavy atom. The summed E-state index contributed by atoms with van der Waals surface area (Å²) in [5, 5.41) is 0.211. The van der Waals surface area contributed by atoms with Gasteiger partial charge in [-0.15, -0.1) is 0 Å². The van der Waals surface area contributed by atoms with Gasteiger partial charge in [0, 0.05) is 10.0 Å². The third kappa shape index (κ3) is 4.24. The largest absolute Gasteiger partial charge is 0.386 e. The van der Waals surface area contributed by atoms with Crippen molar-refractivity contribution in [1.82, 2.24) is 0 Å². The number of hydrogen-bond donors (Lipinski definition) is 0. The summed E-state index contributed by atoms with van der Waals surface area (Å²) in [4.78, 5) is 24.2. The van der Waals surface area contributed by atoms with Crippen LogP contribution in [0.3, 0.4) is 0 Å². The highest BCUT2D eigenvalue weighted by Gasteiger charge is 2.22. The number of hydrogen-bond acceptors (Lipinski definition) is 3. The number of carbonyl (C=O) groups is 2. The predicted octanol–water partition coefficient (Wildman–Crippen LogP) is 6.60. The predicted molar refractivity (Wildman–Crippen MR) is 92.7 cm³/mol. The second-order valence-electron chi connectivity index (χ2n) is 4.18.